The van der Waals surface area contributed by atoms with Gasteiger partial charge < -0.3 is 15.0 Å². The van der Waals surface area contributed by atoms with Crippen molar-refractivity contribution in [3.63, 3.8) is 0 Å². The smallest absolute Gasteiger partial charge is 0.274 e. The number of carbonyl (C=O) groups excluding carboxylic acids is 1. The largest absolute Gasteiger partial charge is 0.460 e. The predicted molar refractivity (Wildman–Crippen MR) is 116 cm³/mol. The molecule has 0 unspecified atom stereocenters. The number of fused-ring (bicyclic) bond motifs is 1. The SMILES string of the molecule is CN(CCCNC(=O)COc1nc2ccccc2s1)Cc1ccc(Cl)c(Cl)c1. The molecule has 1 heterocycles. The van der Waals surface area contributed by atoms with Crippen molar-refractivity contribution in [3.8, 4) is 5.19 Å². The summed E-state index contributed by atoms with van der Waals surface area (Å²) < 4.78 is 6.54. The van der Waals surface area contributed by atoms with Gasteiger partial charge in [-0.1, -0.05) is 52.7 Å². The molecular weight excluding hydrogens is 417 g/mol. The number of hydrogen-bond acceptors (Lipinski definition) is 5. The van der Waals surface area contributed by atoms with Gasteiger partial charge in [-0.3, -0.25) is 4.79 Å². The Hall–Kier alpha value is -1.86. The molecule has 0 aliphatic heterocycles. The van der Waals surface area contributed by atoms with E-state index in [-0.39, 0.29) is 12.5 Å². The summed E-state index contributed by atoms with van der Waals surface area (Å²) in [5.41, 5.74) is 1.98. The van der Waals surface area contributed by atoms with Crippen molar-refractivity contribution in [2.75, 3.05) is 26.7 Å². The van der Waals surface area contributed by atoms with Gasteiger partial charge >= 0.3 is 0 Å². The van der Waals surface area contributed by atoms with Crippen LogP contribution in [0.15, 0.2) is 42.5 Å². The van der Waals surface area contributed by atoms with E-state index in [1.165, 1.54) is 11.3 Å². The van der Waals surface area contributed by atoms with Crippen molar-refractivity contribution in [1.82, 2.24) is 15.2 Å². The van der Waals surface area contributed by atoms with E-state index in [0.29, 0.717) is 21.8 Å². The first-order chi connectivity index (χ1) is 13.5. The Morgan fingerprint density at radius 3 is 2.82 bits per heavy atom. The minimum Gasteiger partial charge on any atom is -0.460 e. The molecular formula is C20H21Cl2N3O2S. The van der Waals surface area contributed by atoms with Gasteiger partial charge in [-0.25, -0.2) is 4.98 Å². The van der Waals surface area contributed by atoms with Crippen LogP contribution in [0.1, 0.15) is 12.0 Å². The first kappa shape index (κ1) is 20.9. The van der Waals surface area contributed by atoms with Crippen molar-refractivity contribution >= 4 is 50.7 Å². The van der Waals surface area contributed by atoms with Crippen LogP contribution in [0, 0.1) is 0 Å². The highest BCUT2D eigenvalue weighted by Crippen LogP contribution is 2.27. The normalized spacial score (nSPS) is 11.1. The number of thiazole rings is 1. The summed E-state index contributed by atoms with van der Waals surface area (Å²) in [6.07, 6.45) is 0.838. The van der Waals surface area contributed by atoms with E-state index in [4.69, 9.17) is 27.9 Å². The molecule has 148 valence electrons. The monoisotopic (exact) mass is 437 g/mol. The molecule has 1 N–H and O–H groups in total. The van der Waals surface area contributed by atoms with Gasteiger partial charge in [0.05, 0.1) is 20.3 Å². The van der Waals surface area contributed by atoms with Crippen molar-refractivity contribution in [3.05, 3.63) is 58.1 Å². The number of hydrogen-bond donors (Lipinski definition) is 1. The van der Waals surface area contributed by atoms with Gasteiger partial charge in [-0.15, -0.1) is 0 Å². The van der Waals surface area contributed by atoms with Gasteiger partial charge in [0.25, 0.3) is 11.1 Å². The van der Waals surface area contributed by atoms with Crippen molar-refractivity contribution in [2.24, 2.45) is 0 Å². The number of para-hydroxylation sites is 1. The second kappa shape index (κ2) is 10.1. The number of carbonyl (C=O) groups is 1. The summed E-state index contributed by atoms with van der Waals surface area (Å²) in [5.74, 6) is -0.147. The molecule has 1 aromatic heterocycles. The first-order valence-corrected chi connectivity index (χ1v) is 10.5. The quantitative estimate of drug-likeness (QED) is 0.496. The highest BCUT2D eigenvalue weighted by Gasteiger charge is 2.08. The number of ether oxygens (including phenoxy) is 1. The highest BCUT2D eigenvalue weighted by molar-refractivity contribution is 7.20. The fraction of sp³-hybridized carbons (Fsp3) is 0.300. The Labute approximate surface area is 178 Å². The molecule has 0 bridgehead atoms. The Morgan fingerprint density at radius 2 is 2.04 bits per heavy atom. The van der Waals surface area contributed by atoms with E-state index in [2.05, 4.69) is 15.2 Å². The molecule has 0 aliphatic carbocycles. The number of halogens is 2. The maximum Gasteiger partial charge on any atom is 0.274 e. The van der Waals surface area contributed by atoms with Gasteiger partial charge in [-0.05, 0) is 49.8 Å². The summed E-state index contributed by atoms with van der Waals surface area (Å²) in [6, 6.07) is 13.4. The molecule has 0 atom stereocenters. The average molecular weight is 438 g/mol. The minimum atomic E-state index is -0.147. The van der Waals surface area contributed by atoms with Gasteiger partial charge in [-0.2, -0.15) is 0 Å². The van der Waals surface area contributed by atoms with Crippen LogP contribution in [-0.2, 0) is 11.3 Å². The maximum absolute atomic E-state index is 11.9. The van der Waals surface area contributed by atoms with Gasteiger partial charge in [0.2, 0.25) is 0 Å². The molecule has 28 heavy (non-hydrogen) atoms. The Bertz CT molecular complexity index is 915. The third-order valence-electron chi connectivity index (χ3n) is 4.08. The predicted octanol–water partition coefficient (Wildman–Crippen LogP) is 4.62. The summed E-state index contributed by atoms with van der Waals surface area (Å²) >= 11 is 13.4. The van der Waals surface area contributed by atoms with E-state index in [1.54, 1.807) is 6.07 Å². The molecule has 0 saturated heterocycles. The van der Waals surface area contributed by atoms with E-state index < -0.39 is 0 Å². The number of nitrogens with zero attached hydrogens (tertiary/aromatic N) is 2. The van der Waals surface area contributed by atoms with E-state index in [0.717, 1.165) is 35.3 Å². The molecule has 0 spiro atoms. The zero-order valence-electron chi connectivity index (χ0n) is 15.5. The average Bonchev–Trinajstić information content (AvgIpc) is 3.09. The number of aromatic nitrogens is 1. The van der Waals surface area contributed by atoms with Crippen LogP contribution in [0.25, 0.3) is 10.2 Å². The van der Waals surface area contributed by atoms with Crippen molar-refractivity contribution in [1.29, 1.82) is 0 Å². The van der Waals surface area contributed by atoms with E-state index >= 15 is 0 Å². The van der Waals surface area contributed by atoms with Gasteiger partial charge in [0, 0.05) is 13.1 Å². The molecule has 3 rings (SSSR count). The summed E-state index contributed by atoms with van der Waals surface area (Å²) in [7, 11) is 2.03. The lowest BCUT2D eigenvalue weighted by Crippen LogP contribution is -2.31. The molecule has 3 aromatic rings. The molecule has 0 radical (unpaired) electrons. The van der Waals surface area contributed by atoms with Crippen LogP contribution < -0.4 is 10.1 Å². The summed E-state index contributed by atoms with van der Waals surface area (Å²) in [5, 5.41) is 4.50. The third kappa shape index (κ3) is 6.07. The van der Waals surface area contributed by atoms with Crippen molar-refractivity contribution in [2.45, 2.75) is 13.0 Å². The molecule has 0 saturated carbocycles. The fourth-order valence-electron chi connectivity index (χ4n) is 2.70. The van der Waals surface area contributed by atoms with Crippen LogP contribution in [0.2, 0.25) is 10.0 Å². The standard InChI is InChI=1S/C20H21Cl2N3O2S/c1-25(12-14-7-8-15(21)16(22)11-14)10-4-9-23-19(26)13-27-20-24-17-5-2-3-6-18(17)28-20/h2-3,5-8,11H,4,9-10,12-13H2,1H3,(H,23,26). The van der Waals surface area contributed by atoms with Gasteiger partial charge in [0.15, 0.2) is 6.61 Å². The highest BCUT2D eigenvalue weighted by atomic mass is 35.5. The van der Waals surface area contributed by atoms with E-state index in [9.17, 15) is 4.79 Å². The number of rotatable bonds is 9. The topological polar surface area (TPSA) is 54.5 Å². The Balaban J connectivity index is 1.33. The van der Waals surface area contributed by atoms with Crippen LogP contribution in [-0.4, -0.2) is 42.5 Å². The molecule has 5 nitrogen and oxygen atoms in total. The zero-order valence-corrected chi connectivity index (χ0v) is 17.8. The molecule has 0 aliphatic rings. The fourth-order valence-corrected chi connectivity index (χ4v) is 3.83. The lowest BCUT2D eigenvalue weighted by atomic mass is 10.2. The van der Waals surface area contributed by atoms with E-state index in [1.807, 2.05) is 43.4 Å². The lowest BCUT2D eigenvalue weighted by molar-refractivity contribution is -0.123. The first-order valence-electron chi connectivity index (χ1n) is 8.89. The van der Waals surface area contributed by atoms with Crippen LogP contribution in [0.4, 0.5) is 0 Å². The summed E-state index contributed by atoms with van der Waals surface area (Å²) in [6.45, 7) is 2.18. The second-order valence-corrected chi connectivity index (χ2v) is 8.23. The molecule has 0 fully saturated rings. The van der Waals surface area contributed by atoms with Gasteiger partial charge in [0.1, 0.15) is 0 Å². The maximum atomic E-state index is 11.9. The lowest BCUT2D eigenvalue weighted by Gasteiger charge is -2.17. The van der Waals surface area contributed by atoms with Crippen LogP contribution >= 0.6 is 34.5 Å². The van der Waals surface area contributed by atoms with Crippen LogP contribution in [0.3, 0.4) is 0 Å². The minimum absolute atomic E-state index is 0.0288. The van der Waals surface area contributed by atoms with Crippen LogP contribution in [0.5, 0.6) is 5.19 Å². The molecule has 1 amide bonds. The Kier molecular flexibility index (Phi) is 7.50. The zero-order chi connectivity index (χ0) is 19.9. The summed E-state index contributed by atoms with van der Waals surface area (Å²) in [4.78, 5) is 18.5. The Morgan fingerprint density at radius 1 is 1.21 bits per heavy atom. The van der Waals surface area contributed by atoms with Crippen molar-refractivity contribution < 1.29 is 9.53 Å². The number of amides is 1. The second-order valence-electron chi connectivity index (χ2n) is 6.43. The number of nitrogens with one attached hydrogen (secondary N) is 1. The number of benzene rings is 2. The molecule has 2 aromatic carbocycles. The third-order valence-corrected chi connectivity index (χ3v) is 5.76. The molecule has 8 heteroatoms.